The summed E-state index contributed by atoms with van der Waals surface area (Å²) in [5.74, 6) is 0.219. The first-order chi connectivity index (χ1) is 17.6. The van der Waals surface area contributed by atoms with Gasteiger partial charge in [-0.2, -0.15) is 0 Å². The molecule has 0 bridgehead atoms. The molecule has 1 amide bonds. The van der Waals surface area contributed by atoms with Gasteiger partial charge in [0.05, 0.1) is 11.1 Å². The van der Waals surface area contributed by atoms with Gasteiger partial charge >= 0.3 is 0 Å². The van der Waals surface area contributed by atoms with Crippen molar-refractivity contribution in [3.05, 3.63) is 125 Å². The molecule has 0 aliphatic carbocycles. The summed E-state index contributed by atoms with van der Waals surface area (Å²) in [7, 11) is 0. The first-order valence-electron chi connectivity index (χ1n) is 11.5. The van der Waals surface area contributed by atoms with Gasteiger partial charge in [0, 0.05) is 17.1 Å². The number of hydrogen-bond acceptors (Lipinski definition) is 4. The molecule has 1 atom stereocenters. The smallest absolute Gasteiger partial charge is 0.258 e. The van der Waals surface area contributed by atoms with E-state index in [2.05, 4.69) is 10.3 Å². The Bertz CT molecular complexity index is 1490. The molecule has 0 radical (unpaired) electrons. The number of hydrogen-bond donors (Lipinski definition) is 2. The van der Waals surface area contributed by atoms with Crippen molar-refractivity contribution in [2.24, 2.45) is 0 Å². The lowest BCUT2D eigenvalue weighted by molar-refractivity contribution is -0.123. The topological polar surface area (TPSA) is 71.5 Å². The molecule has 0 aliphatic heterocycles. The maximum Gasteiger partial charge on any atom is 0.258 e. The highest BCUT2D eigenvalue weighted by Gasteiger charge is 2.23. The third-order valence-electron chi connectivity index (χ3n) is 5.93. The van der Waals surface area contributed by atoms with Gasteiger partial charge in [-0.3, -0.25) is 9.78 Å². The molecular weight excluding hydrogens is 472 g/mol. The van der Waals surface area contributed by atoms with Gasteiger partial charge in [0.25, 0.3) is 5.91 Å². The molecular formula is C30H23ClN2O3. The van der Waals surface area contributed by atoms with E-state index in [1.807, 2.05) is 84.9 Å². The van der Waals surface area contributed by atoms with E-state index in [0.717, 1.165) is 16.7 Å². The predicted molar refractivity (Wildman–Crippen MR) is 142 cm³/mol. The van der Waals surface area contributed by atoms with Crippen LogP contribution in [0, 0.1) is 0 Å². The average Bonchev–Trinajstić information content (AvgIpc) is 2.94. The summed E-state index contributed by atoms with van der Waals surface area (Å²) in [4.78, 5) is 17.2. The van der Waals surface area contributed by atoms with Crippen LogP contribution in [-0.4, -0.2) is 22.6 Å². The lowest BCUT2D eigenvalue weighted by Crippen LogP contribution is -2.33. The normalized spacial score (nSPS) is 11.7. The lowest BCUT2D eigenvalue weighted by Gasteiger charge is -2.22. The highest BCUT2D eigenvalue weighted by Crippen LogP contribution is 2.38. The Hall–Kier alpha value is -4.35. The number of aromatic nitrogens is 1. The molecule has 0 aliphatic rings. The Morgan fingerprint density at radius 2 is 1.56 bits per heavy atom. The third kappa shape index (κ3) is 5.02. The van der Waals surface area contributed by atoms with Gasteiger partial charge in [-0.25, -0.2) is 0 Å². The molecule has 2 N–H and O–H groups in total. The van der Waals surface area contributed by atoms with Crippen molar-refractivity contribution in [3.8, 4) is 22.6 Å². The molecule has 1 unspecified atom stereocenters. The van der Waals surface area contributed by atoms with E-state index in [1.165, 1.54) is 0 Å². The van der Waals surface area contributed by atoms with E-state index >= 15 is 0 Å². The van der Waals surface area contributed by atoms with Crippen molar-refractivity contribution in [3.63, 3.8) is 0 Å². The molecule has 0 saturated heterocycles. The highest BCUT2D eigenvalue weighted by molar-refractivity contribution is 6.35. The molecule has 36 heavy (non-hydrogen) atoms. The second kappa shape index (κ2) is 10.5. The molecule has 178 valence electrons. The second-order valence-electron chi connectivity index (χ2n) is 8.29. The fraction of sp³-hybridized carbons (Fsp3) is 0.0667. The van der Waals surface area contributed by atoms with Crippen molar-refractivity contribution in [2.75, 3.05) is 6.61 Å². The molecule has 1 aromatic heterocycles. The van der Waals surface area contributed by atoms with E-state index in [0.29, 0.717) is 27.2 Å². The number of benzene rings is 4. The number of nitrogens with zero attached hydrogens (tertiary/aromatic N) is 1. The maximum atomic E-state index is 13.0. The molecule has 4 aromatic carbocycles. The fourth-order valence-electron chi connectivity index (χ4n) is 4.14. The highest BCUT2D eigenvalue weighted by atomic mass is 35.5. The summed E-state index contributed by atoms with van der Waals surface area (Å²) in [5.41, 5.74) is 3.80. The minimum Gasteiger partial charge on any atom is -0.505 e. The van der Waals surface area contributed by atoms with Crippen LogP contribution < -0.4 is 10.1 Å². The molecule has 0 fully saturated rings. The molecule has 5 aromatic rings. The number of rotatable bonds is 7. The Balaban J connectivity index is 1.36. The van der Waals surface area contributed by atoms with Gasteiger partial charge < -0.3 is 15.2 Å². The van der Waals surface area contributed by atoms with Gasteiger partial charge in [-0.15, -0.1) is 0 Å². The summed E-state index contributed by atoms with van der Waals surface area (Å²) >= 11 is 6.51. The number of carbonyl (C=O) groups excluding carboxylic acids is 1. The molecule has 0 spiro atoms. The maximum absolute atomic E-state index is 13.0. The SMILES string of the molecule is O=C(COc1ccc(-c2ccccc2)cc1)NC(c1ccccc1)c1cc(Cl)c2cccnc2c1O. The largest absolute Gasteiger partial charge is 0.505 e. The van der Waals surface area contributed by atoms with Gasteiger partial charge in [-0.05, 0) is 47.0 Å². The van der Waals surface area contributed by atoms with Crippen LogP contribution in [0.25, 0.3) is 22.0 Å². The van der Waals surface area contributed by atoms with E-state index < -0.39 is 6.04 Å². The summed E-state index contributed by atoms with van der Waals surface area (Å²) in [5, 5.41) is 15.1. The first kappa shape index (κ1) is 23.4. The third-order valence-corrected chi connectivity index (χ3v) is 6.24. The summed E-state index contributed by atoms with van der Waals surface area (Å²) in [6.45, 7) is -0.186. The molecule has 5 rings (SSSR count). The Kier molecular flexibility index (Phi) is 6.83. The van der Waals surface area contributed by atoms with Crippen LogP contribution in [0.4, 0.5) is 0 Å². The number of aromatic hydroxyl groups is 1. The van der Waals surface area contributed by atoms with Crippen molar-refractivity contribution >= 4 is 28.4 Å². The quantitative estimate of drug-likeness (QED) is 0.269. The number of phenolic OH excluding ortho intramolecular Hbond substituents is 1. The Labute approximate surface area is 214 Å². The van der Waals surface area contributed by atoms with Crippen LogP contribution in [0.1, 0.15) is 17.2 Å². The number of halogens is 1. The van der Waals surface area contributed by atoms with E-state index in [4.69, 9.17) is 16.3 Å². The Morgan fingerprint density at radius 3 is 2.28 bits per heavy atom. The van der Waals surface area contributed by atoms with Crippen LogP contribution in [-0.2, 0) is 4.79 Å². The van der Waals surface area contributed by atoms with Crippen molar-refractivity contribution in [2.45, 2.75) is 6.04 Å². The second-order valence-corrected chi connectivity index (χ2v) is 8.69. The number of pyridine rings is 1. The van der Waals surface area contributed by atoms with Gasteiger partial charge in [0.15, 0.2) is 6.61 Å². The zero-order valence-electron chi connectivity index (χ0n) is 19.3. The number of phenols is 1. The first-order valence-corrected chi connectivity index (χ1v) is 11.9. The van der Waals surface area contributed by atoms with E-state index in [-0.39, 0.29) is 18.3 Å². The number of amides is 1. The van der Waals surface area contributed by atoms with Crippen molar-refractivity contribution in [1.82, 2.24) is 10.3 Å². The van der Waals surface area contributed by atoms with E-state index in [1.54, 1.807) is 24.4 Å². The number of carbonyl (C=O) groups is 1. The van der Waals surface area contributed by atoms with Gasteiger partial charge in [0.1, 0.15) is 17.0 Å². The molecule has 5 nitrogen and oxygen atoms in total. The minimum atomic E-state index is -0.647. The fourth-order valence-corrected chi connectivity index (χ4v) is 4.41. The van der Waals surface area contributed by atoms with Crippen LogP contribution >= 0.6 is 11.6 Å². The van der Waals surface area contributed by atoms with Crippen LogP contribution in [0.15, 0.2) is 109 Å². The lowest BCUT2D eigenvalue weighted by atomic mass is 9.96. The number of nitrogens with one attached hydrogen (secondary N) is 1. The zero-order valence-corrected chi connectivity index (χ0v) is 20.0. The molecule has 1 heterocycles. The summed E-state index contributed by atoms with van der Waals surface area (Å²) < 4.78 is 5.74. The number of ether oxygens (including phenoxy) is 1. The Morgan fingerprint density at radius 1 is 0.889 bits per heavy atom. The van der Waals surface area contributed by atoms with Gasteiger partial charge in [0.2, 0.25) is 0 Å². The van der Waals surface area contributed by atoms with Crippen LogP contribution in [0.3, 0.4) is 0 Å². The summed E-state index contributed by atoms with van der Waals surface area (Å²) in [6, 6.07) is 31.6. The van der Waals surface area contributed by atoms with Crippen LogP contribution in [0.2, 0.25) is 5.02 Å². The predicted octanol–water partition coefficient (Wildman–Crippen LogP) is 6.55. The minimum absolute atomic E-state index is 0.0263. The number of fused-ring (bicyclic) bond motifs is 1. The molecule has 6 heteroatoms. The molecule has 0 saturated carbocycles. The standard InChI is InChI=1S/C30H23ClN2O3/c31-26-18-25(30(35)29-24(26)12-7-17-32-29)28(22-10-5-2-6-11-22)33-27(34)19-36-23-15-13-21(14-16-23)20-8-3-1-4-9-20/h1-18,28,35H,19H2,(H,33,34). The van der Waals surface area contributed by atoms with E-state index in [9.17, 15) is 9.90 Å². The van der Waals surface area contributed by atoms with Crippen LogP contribution in [0.5, 0.6) is 11.5 Å². The zero-order chi connectivity index (χ0) is 24.9. The van der Waals surface area contributed by atoms with Gasteiger partial charge in [-0.1, -0.05) is 84.4 Å². The average molecular weight is 495 g/mol. The summed E-state index contributed by atoms with van der Waals surface area (Å²) in [6.07, 6.45) is 1.59. The monoisotopic (exact) mass is 494 g/mol. The van der Waals surface area contributed by atoms with Crippen molar-refractivity contribution in [1.29, 1.82) is 0 Å². The van der Waals surface area contributed by atoms with Crippen molar-refractivity contribution < 1.29 is 14.6 Å².